The Kier molecular flexibility index (Phi) is 7.52. The number of rotatable bonds is 6. The summed E-state index contributed by atoms with van der Waals surface area (Å²) < 4.78 is 0. The summed E-state index contributed by atoms with van der Waals surface area (Å²) in [6.07, 6.45) is 8.10. The zero-order valence-corrected chi connectivity index (χ0v) is 7.42. The van der Waals surface area contributed by atoms with Gasteiger partial charge >= 0.3 is 0 Å². The van der Waals surface area contributed by atoms with Gasteiger partial charge in [-0.2, -0.15) is 0 Å². The van der Waals surface area contributed by atoms with Crippen LogP contribution in [0, 0.1) is 0 Å². The topological polar surface area (TPSA) is 29.5 Å². The van der Waals surface area contributed by atoms with Crippen LogP contribution in [0.3, 0.4) is 0 Å². The Morgan fingerprint density at radius 1 is 1.45 bits per heavy atom. The number of allylic oxidation sites excluding steroid dienone is 1. The molecular formula is C9H18O2. The zero-order chi connectivity index (χ0) is 8.53. The van der Waals surface area contributed by atoms with Gasteiger partial charge in [-0.15, -0.1) is 0 Å². The lowest BCUT2D eigenvalue weighted by Crippen LogP contribution is -2.06. The van der Waals surface area contributed by atoms with Crippen LogP contribution in [-0.2, 0) is 4.89 Å². The lowest BCUT2D eigenvalue weighted by molar-refractivity contribution is -0.267. The van der Waals surface area contributed by atoms with Crippen LogP contribution in [0.15, 0.2) is 12.2 Å². The third-order valence-electron chi connectivity index (χ3n) is 1.63. The third-order valence-corrected chi connectivity index (χ3v) is 1.63. The lowest BCUT2D eigenvalue weighted by atomic mass is 10.1. The van der Waals surface area contributed by atoms with E-state index >= 15 is 0 Å². The van der Waals surface area contributed by atoms with Gasteiger partial charge in [0.25, 0.3) is 0 Å². The van der Waals surface area contributed by atoms with Gasteiger partial charge < -0.3 is 0 Å². The smallest absolute Gasteiger partial charge is 0.111 e. The van der Waals surface area contributed by atoms with Crippen molar-refractivity contribution in [3.8, 4) is 0 Å². The molecule has 1 N–H and O–H groups in total. The second-order valence-corrected chi connectivity index (χ2v) is 2.67. The maximum absolute atomic E-state index is 8.41. The van der Waals surface area contributed by atoms with Crippen molar-refractivity contribution in [1.82, 2.24) is 0 Å². The molecule has 0 aromatic rings. The zero-order valence-electron chi connectivity index (χ0n) is 7.42. The quantitative estimate of drug-likeness (QED) is 0.279. The minimum absolute atomic E-state index is 0.105. The van der Waals surface area contributed by atoms with Gasteiger partial charge in [-0.05, 0) is 13.3 Å². The Bertz CT molecular complexity index is 99.7. The first-order valence-electron chi connectivity index (χ1n) is 4.28. The average Bonchev–Trinajstić information content (AvgIpc) is 2.03. The Hall–Kier alpha value is -0.340. The molecule has 0 bridgehead atoms. The van der Waals surface area contributed by atoms with E-state index in [-0.39, 0.29) is 6.10 Å². The molecule has 2 nitrogen and oxygen atoms in total. The molecule has 0 aliphatic heterocycles. The molecule has 2 heteroatoms. The van der Waals surface area contributed by atoms with E-state index in [4.69, 9.17) is 5.26 Å². The number of hydrogen-bond acceptors (Lipinski definition) is 2. The molecule has 0 rings (SSSR count). The second-order valence-electron chi connectivity index (χ2n) is 2.67. The molecule has 1 atom stereocenters. The molecule has 0 aliphatic carbocycles. The van der Waals surface area contributed by atoms with Gasteiger partial charge in [-0.1, -0.05) is 38.3 Å². The van der Waals surface area contributed by atoms with Gasteiger partial charge in [0.2, 0.25) is 0 Å². The summed E-state index contributed by atoms with van der Waals surface area (Å²) in [5.74, 6) is 0. The first kappa shape index (κ1) is 10.7. The van der Waals surface area contributed by atoms with Gasteiger partial charge in [0.05, 0.1) is 0 Å². The highest BCUT2D eigenvalue weighted by atomic mass is 17.1. The molecule has 0 spiro atoms. The molecule has 11 heavy (non-hydrogen) atoms. The molecule has 1 unspecified atom stereocenters. The lowest BCUT2D eigenvalue weighted by Gasteiger charge is -2.06. The van der Waals surface area contributed by atoms with E-state index in [1.807, 2.05) is 19.1 Å². The minimum Gasteiger partial charge on any atom is -0.251 e. The molecule has 0 amide bonds. The Morgan fingerprint density at radius 3 is 2.64 bits per heavy atom. The van der Waals surface area contributed by atoms with Crippen molar-refractivity contribution >= 4 is 0 Å². The fourth-order valence-electron chi connectivity index (χ4n) is 0.994. The monoisotopic (exact) mass is 158 g/mol. The van der Waals surface area contributed by atoms with E-state index in [2.05, 4.69) is 11.8 Å². The minimum atomic E-state index is -0.105. The molecular weight excluding hydrogens is 140 g/mol. The molecule has 0 saturated heterocycles. The van der Waals surface area contributed by atoms with E-state index < -0.39 is 0 Å². The highest BCUT2D eigenvalue weighted by Gasteiger charge is 2.01. The summed E-state index contributed by atoms with van der Waals surface area (Å²) in [5.41, 5.74) is 0. The fraction of sp³-hybridized carbons (Fsp3) is 0.778. The van der Waals surface area contributed by atoms with Crippen LogP contribution < -0.4 is 0 Å². The van der Waals surface area contributed by atoms with Crippen LogP contribution in [0.1, 0.15) is 39.5 Å². The SMILES string of the molecule is C/C=C/C(CCCCC)OO. The maximum Gasteiger partial charge on any atom is 0.111 e. The normalized spacial score (nSPS) is 14.1. The predicted octanol–water partition coefficient (Wildman–Crippen LogP) is 3.00. The standard InChI is InChI=1S/C9H18O2/c1-3-5-6-8-9(11-10)7-4-2/h4,7,9-10H,3,5-6,8H2,1-2H3/b7-4+. The molecule has 0 heterocycles. The average molecular weight is 158 g/mol. The van der Waals surface area contributed by atoms with Crippen LogP contribution in [0.2, 0.25) is 0 Å². The summed E-state index contributed by atoms with van der Waals surface area (Å²) in [6, 6.07) is 0. The van der Waals surface area contributed by atoms with E-state index in [9.17, 15) is 0 Å². The summed E-state index contributed by atoms with van der Waals surface area (Å²) in [4.78, 5) is 4.25. The molecule has 0 fully saturated rings. The summed E-state index contributed by atoms with van der Waals surface area (Å²) in [7, 11) is 0. The largest absolute Gasteiger partial charge is 0.251 e. The molecule has 0 aromatic heterocycles. The van der Waals surface area contributed by atoms with Crippen LogP contribution >= 0.6 is 0 Å². The molecule has 0 saturated carbocycles. The number of unbranched alkanes of at least 4 members (excludes halogenated alkanes) is 2. The predicted molar refractivity (Wildman–Crippen MR) is 46.5 cm³/mol. The van der Waals surface area contributed by atoms with E-state index in [1.165, 1.54) is 12.8 Å². The van der Waals surface area contributed by atoms with Crippen LogP contribution in [-0.4, -0.2) is 11.4 Å². The van der Waals surface area contributed by atoms with Gasteiger partial charge in [0.1, 0.15) is 6.10 Å². The highest BCUT2D eigenvalue weighted by Crippen LogP contribution is 2.06. The molecule has 0 aromatic carbocycles. The van der Waals surface area contributed by atoms with Crippen molar-refractivity contribution in [3.63, 3.8) is 0 Å². The molecule has 0 aliphatic rings. The Labute approximate surface area is 68.8 Å². The highest BCUT2D eigenvalue weighted by molar-refractivity contribution is 4.85. The van der Waals surface area contributed by atoms with E-state index in [0.717, 1.165) is 12.8 Å². The summed E-state index contributed by atoms with van der Waals surface area (Å²) in [5, 5.41) is 8.41. The summed E-state index contributed by atoms with van der Waals surface area (Å²) >= 11 is 0. The third kappa shape index (κ3) is 6.07. The maximum atomic E-state index is 8.41. The van der Waals surface area contributed by atoms with E-state index in [0.29, 0.717) is 0 Å². The van der Waals surface area contributed by atoms with Crippen molar-refractivity contribution in [2.24, 2.45) is 0 Å². The molecule has 0 radical (unpaired) electrons. The van der Waals surface area contributed by atoms with Gasteiger partial charge in [-0.25, -0.2) is 4.89 Å². The van der Waals surface area contributed by atoms with Crippen molar-refractivity contribution in [3.05, 3.63) is 12.2 Å². The van der Waals surface area contributed by atoms with Gasteiger partial charge in [-0.3, -0.25) is 5.26 Å². The van der Waals surface area contributed by atoms with Crippen LogP contribution in [0.25, 0.3) is 0 Å². The van der Waals surface area contributed by atoms with Crippen LogP contribution in [0.4, 0.5) is 0 Å². The fourth-order valence-corrected chi connectivity index (χ4v) is 0.994. The Balaban J connectivity index is 3.36. The first-order valence-corrected chi connectivity index (χ1v) is 4.28. The first-order chi connectivity index (χ1) is 5.35. The van der Waals surface area contributed by atoms with Gasteiger partial charge in [0.15, 0.2) is 0 Å². The van der Waals surface area contributed by atoms with Crippen molar-refractivity contribution < 1.29 is 10.1 Å². The van der Waals surface area contributed by atoms with Crippen molar-refractivity contribution in [1.29, 1.82) is 0 Å². The van der Waals surface area contributed by atoms with Gasteiger partial charge in [0, 0.05) is 0 Å². The van der Waals surface area contributed by atoms with Crippen molar-refractivity contribution in [2.45, 2.75) is 45.6 Å². The summed E-state index contributed by atoms with van der Waals surface area (Å²) in [6.45, 7) is 4.08. The molecule has 66 valence electrons. The Morgan fingerprint density at radius 2 is 2.18 bits per heavy atom. The van der Waals surface area contributed by atoms with Crippen LogP contribution in [0.5, 0.6) is 0 Å². The number of hydrogen-bond donors (Lipinski definition) is 1. The second kappa shape index (κ2) is 7.76. The van der Waals surface area contributed by atoms with Crippen molar-refractivity contribution in [2.75, 3.05) is 0 Å². The van der Waals surface area contributed by atoms with E-state index in [1.54, 1.807) is 0 Å².